The first-order chi connectivity index (χ1) is 10.7. The summed E-state index contributed by atoms with van der Waals surface area (Å²) >= 11 is 8.62. The van der Waals surface area contributed by atoms with Crippen LogP contribution >= 0.6 is 34.3 Å². The average Bonchev–Trinajstić information content (AvgIpc) is 3.11. The van der Waals surface area contributed by atoms with Gasteiger partial charge < -0.3 is 14.8 Å². The van der Waals surface area contributed by atoms with Crippen LogP contribution in [0.25, 0.3) is 0 Å². The SMILES string of the molecule is COCCOCc1csc(NC(=O)NCc2ccc(Cl)s2)n1. The number of carbonyl (C=O) groups is 1. The fourth-order valence-corrected chi connectivity index (χ4v) is 3.22. The van der Waals surface area contributed by atoms with E-state index < -0.39 is 0 Å². The molecule has 2 aromatic heterocycles. The summed E-state index contributed by atoms with van der Waals surface area (Å²) in [4.78, 5) is 17.0. The maximum Gasteiger partial charge on any atom is 0.321 e. The number of rotatable bonds is 8. The zero-order chi connectivity index (χ0) is 15.8. The van der Waals surface area contributed by atoms with Gasteiger partial charge in [-0.1, -0.05) is 11.6 Å². The van der Waals surface area contributed by atoms with Crippen LogP contribution in [-0.2, 0) is 22.6 Å². The molecule has 0 saturated carbocycles. The van der Waals surface area contributed by atoms with Crippen molar-refractivity contribution in [3.63, 3.8) is 0 Å². The van der Waals surface area contributed by atoms with Crippen molar-refractivity contribution in [2.75, 3.05) is 25.6 Å². The summed E-state index contributed by atoms with van der Waals surface area (Å²) < 4.78 is 11.0. The molecule has 2 N–H and O–H groups in total. The minimum absolute atomic E-state index is 0.300. The van der Waals surface area contributed by atoms with E-state index in [4.69, 9.17) is 21.1 Å². The Labute approximate surface area is 141 Å². The van der Waals surface area contributed by atoms with Crippen LogP contribution in [0, 0.1) is 0 Å². The van der Waals surface area contributed by atoms with Gasteiger partial charge in [0.15, 0.2) is 5.13 Å². The Kier molecular flexibility index (Phi) is 7.07. The van der Waals surface area contributed by atoms with E-state index in [1.807, 2.05) is 11.4 Å². The quantitative estimate of drug-likeness (QED) is 0.707. The lowest BCUT2D eigenvalue weighted by Gasteiger charge is -2.03. The fraction of sp³-hybridized carbons (Fsp3) is 0.385. The van der Waals surface area contributed by atoms with Crippen LogP contribution < -0.4 is 10.6 Å². The predicted octanol–water partition coefficient (Wildman–Crippen LogP) is 3.34. The Morgan fingerprint density at radius 3 is 3.00 bits per heavy atom. The van der Waals surface area contributed by atoms with Crippen molar-refractivity contribution in [3.05, 3.63) is 32.4 Å². The Bertz CT molecular complexity index is 603. The minimum Gasteiger partial charge on any atom is -0.382 e. The standard InChI is InChI=1S/C13H16ClN3O3S2/c1-19-4-5-20-7-9-8-21-13(16-9)17-12(18)15-6-10-2-3-11(14)22-10/h2-3,8H,4-7H2,1H3,(H2,15,16,17,18). The molecule has 2 heterocycles. The maximum absolute atomic E-state index is 11.8. The first kappa shape index (κ1) is 17.2. The number of nitrogens with one attached hydrogen (secondary N) is 2. The average molecular weight is 362 g/mol. The summed E-state index contributed by atoms with van der Waals surface area (Å²) in [5.41, 5.74) is 0.779. The number of methoxy groups -OCH3 is 1. The Morgan fingerprint density at radius 2 is 2.27 bits per heavy atom. The summed E-state index contributed by atoms with van der Waals surface area (Å²) in [6, 6.07) is 3.38. The normalized spacial score (nSPS) is 10.6. The maximum atomic E-state index is 11.8. The van der Waals surface area contributed by atoms with Crippen LogP contribution in [0.15, 0.2) is 17.5 Å². The number of carbonyl (C=O) groups excluding carboxylic acids is 1. The van der Waals surface area contributed by atoms with Crippen LogP contribution in [0.2, 0.25) is 4.34 Å². The van der Waals surface area contributed by atoms with Gasteiger partial charge >= 0.3 is 6.03 Å². The Balaban J connectivity index is 1.71. The number of hydrogen-bond donors (Lipinski definition) is 2. The molecule has 0 atom stereocenters. The first-order valence-corrected chi connectivity index (χ1v) is 8.55. The van der Waals surface area contributed by atoms with Gasteiger partial charge in [-0.2, -0.15) is 0 Å². The number of aromatic nitrogens is 1. The van der Waals surface area contributed by atoms with Crippen molar-refractivity contribution in [1.29, 1.82) is 0 Å². The second-order valence-electron chi connectivity index (χ2n) is 4.20. The number of nitrogens with zero attached hydrogens (tertiary/aromatic N) is 1. The van der Waals surface area contributed by atoms with E-state index in [2.05, 4.69) is 15.6 Å². The molecule has 0 aliphatic carbocycles. The monoisotopic (exact) mass is 361 g/mol. The van der Waals surface area contributed by atoms with Gasteiger partial charge in [0.05, 0.1) is 36.4 Å². The molecule has 2 rings (SSSR count). The largest absolute Gasteiger partial charge is 0.382 e. The molecule has 0 aliphatic heterocycles. The first-order valence-electron chi connectivity index (χ1n) is 6.47. The van der Waals surface area contributed by atoms with Crippen molar-refractivity contribution < 1.29 is 14.3 Å². The van der Waals surface area contributed by atoms with E-state index in [9.17, 15) is 4.79 Å². The van der Waals surface area contributed by atoms with Gasteiger partial charge in [-0.05, 0) is 12.1 Å². The zero-order valence-corrected chi connectivity index (χ0v) is 14.3. The molecule has 2 aromatic rings. The van der Waals surface area contributed by atoms with Crippen LogP contribution in [0.4, 0.5) is 9.93 Å². The highest BCUT2D eigenvalue weighted by molar-refractivity contribution is 7.16. The molecular weight excluding hydrogens is 346 g/mol. The van der Waals surface area contributed by atoms with Gasteiger partial charge in [0, 0.05) is 17.4 Å². The highest BCUT2D eigenvalue weighted by Gasteiger charge is 2.07. The van der Waals surface area contributed by atoms with E-state index in [0.717, 1.165) is 10.6 Å². The lowest BCUT2D eigenvalue weighted by molar-refractivity contribution is 0.0604. The number of ether oxygens (including phenoxy) is 2. The zero-order valence-electron chi connectivity index (χ0n) is 11.9. The predicted molar refractivity (Wildman–Crippen MR) is 88.8 cm³/mol. The smallest absolute Gasteiger partial charge is 0.321 e. The van der Waals surface area contributed by atoms with Gasteiger partial charge in [0.2, 0.25) is 0 Å². The van der Waals surface area contributed by atoms with Gasteiger partial charge in [-0.3, -0.25) is 5.32 Å². The molecule has 0 bridgehead atoms. The van der Waals surface area contributed by atoms with E-state index in [0.29, 0.717) is 35.8 Å². The van der Waals surface area contributed by atoms with Crippen molar-refractivity contribution in [2.24, 2.45) is 0 Å². The van der Waals surface area contributed by atoms with Crippen LogP contribution in [-0.4, -0.2) is 31.3 Å². The summed E-state index contributed by atoms with van der Waals surface area (Å²) in [6.45, 7) is 1.89. The van der Waals surface area contributed by atoms with Gasteiger partial charge in [-0.25, -0.2) is 9.78 Å². The van der Waals surface area contributed by atoms with E-state index in [1.165, 1.54) is 22.7 Å². The molecule has 6 nitrogen and oxygen atoms in total. The number of anilines is 1. The summed E-state index contributed by atoms with van der Waals surface area (Å²) in [6.07, 6.45) is 0. The van der Waals surface area contributed by atoms with E-state index in [1.54, 1.807) is 13.2 Å². The molecule has 120 valence electrons. The number of hydrogen-bond acceptors (Lipinski definition) is 6. The molecule has 0 fully saturated rings. The third-order valence-electron chi connectivity index (χ3n) is 2.51. The second-order valence-corrected chi connectivity index (χ2v) is 6.86. The van der Waals surface area contributed by atoms with Crippen molar-refractivity contribution in [1.82, 2.24) is 10.3 Å². The number of amides is 2. The summed E-state index contributed by atoms with van der Waals surface area (Å²) in [5, 5.41) is 7.82. The topological polar surface area (TPSA) is 72.5 Å². The van der Waals surface area contributed by atoms with Gasteiger partial charge in [0.25, 0.3) is 0 Å². The highest BCUT2D eigenvalue weighted by Crippen LogP contribution is 2.21. The number of thiophene rings is 1. The fourth-order valence-electron chi connectivity index (χ4n) is 1.51. The number of thiazole rings is 1. The minimum atomic E-state index is -0.300. The van der Waals surface area contributed by atoms with E-state index >= 15 is 0 Å². The Hall–Kier alpha value is -1.19. The van der Waals surface area contributed by atoms with Crippen molar-refractivity contribution in [2.45, 2.75) is 13.2 Å². The summed E-state index contributed by atoms with van der Waals surface area (Å²) in [5.74, 6) is 0. The van der Waals surface area contributed by atoms with E-state index in [-0.39, 0.29) is 6.03 Å². The molecule has 0 unspecified atom stereocenters. The van der Waals surface area contributed by atoms with Crippen LogP contribution in [0.3, 0.4) is 0 Å². The number of urea groups is 1. The molecule has 0 saturated heterocycles. The summed E-state index contributed by atoms with van der Waals surface area (Å²) in [7, 11) is 1.62. The molecule has 22 heavy (non-hydrogen) atoms. The lowest BCUT2D eigenvalue weighted by atomic mass is 10.5. The van der Waals surface area contributed by atoms with Gasteiger partial charge in [0.1, 0.15) is 0 Å². The molecule has 2 amide bonds. The molecule has 0 aliphatic rings. The third-order valence-corrected chi connectivity index (χ3v) is 4.54. The molecule has 0 spiro atoms. The number of halogens is 1. The molecule has 0 radical (unpaired) electrons. The molecule has 9 heteroatoms. The van der Waals surface area contributed by atoms with Crippen LogP contribution in [0.1, 0.15) is 10.6 Å². The van der Waals surface area contributed by atoms with Crippen LogP contribution in [0.5, 0.6) is 0 Å². The van der Waals surface area contributed by atoms with Gasteiger partial charge in [-0.15, -0.1) is 22.7 Å². The van der Waals surface area contributed by atoms with Crippen molar-refractivity contribution >= 4 is 45.4 Å². The second kappa shape index (κ2) is 9.06. The highest BCUT2D eigenvalue weighted by atomic mass is 35.5. The molecule has 0 aromatic carbocycles. The Morgan fingerprint density at radius 1 is 1.41 bits per heavy atom. The third kappa shape index (κ3) is 5.90. The lowest BCUT2D eigenvalue weighted by Crippen LogP contribution is -2.27. The molecular formula is C13H16ClN3O3S2. The van der Waals surface area contributed by atoms with Crippen molar-refractivity contribution in [3.8, 4) is 0 Å².